The summed E-state index contributed by atoms with van der Waals surface area (Å²) in [6, 6.07) is 10.9. The second kappa shape index (κ2) is 4.97. The molecule has 98 valence electrons. The normalized spacial score (nSPS) is 10.2. The van der Waals surface area contributed by atoms with Crippen LogP contribution >= 0.6 is 0 Å². The van der Waals surface area contributed by atoms with Crippen LogP contribution in [0.4, 0.5) is 21.5 Å². The van der Waals surface area contributed by atoms with E-state index in [1.807, 2.05) is 0 Å². The van der Waals surface area contributed by atoms with Crippen LogP contribution in [0.3, 0.4) is 0 Å². The monoisotopic (exact) mass is 259 g/mol. The summed E-state index contributed by atoms with van der Waals surface area (Å²) in [6.07, 6.45) is 0. The molecule has 4 N–H and O–H groups in total. The Morgan fingerprint density at radius 3 is 2.53 bits per heavy atom. The number of primary amides is 1. The standard InChI is InChI=1S/C14H14FN3O/c1-18(10-5-2-4-9(15)8-10)13-11(14(17)19)6-3-7-12(13)16/h2-8H,16H2,1H3,(H2,17,19). The number of nitrogens with two attached hydrogens (primary N) is 2. The van der Waals surface area contributed by atoms with Gasteiger partial charge in [0.15, 0.2) is 0 Å². The van der Waals surface area contributed by atoms with E-state index in [4.69, 9.17) is 11.5 Å². The van der Waals surface area contributed by atoms with E-state index in [0.717, 1.165) is 0 Å². The first-order valence-corrected chi connectivity index (χ1v) is 5.68. The van der Waals surface area contributed by atoms with Gasteiger partial charge in [-0.1, -0.05) is 12.1 Å². The molecule has 4 nitrogen and oxygen atoms in total. The van der Waals surface area contributed by atoms with Gasteiger partial charge in [0, 0.05) is 12.7 Å². The highest BCUT2D eigenvalue weighted by molar-refractivity contribution is 6.02. The van der Waals surface area contributed by atoms with E-state index in [1.54, 1.807) is 42.3 Å². The number of hydrogen-bond acceptors (Lipinski definition) is 3. The molecule has 5 heteroatoms. The number of para-hydroxylation sites is 1. The van der Waals surface area contributed by atoms with Crippen LogP contribution in [0.2, 0.25) is 0 Å². The van der Waals surface area contributed by atoms with Crippen LogP contribution in [0.25, 0.3) is 0 Å². The van der Waals surface area contributed by atoms with Gasteiger partial charge in [0.05, 0.1) is 16.9 Å². The molecule has 0 saturated carbocycles. The number of rotatable bonds is 3. The molecule has 0 unspecified atom stereocenters. The van der Waals surface area contributed by atoms with E-state index in [1.165, 1.54) is 12.1 Å². The SMILES string of the molecule is CN(c1cccc(F)c1)c1c(N)cccc1C(N)=O. The highest BCUT2D eigenvalue weighted by Crippen LogP contribution is 2.32. The average molecular weight is 259 g/mol. The number of carbonyl (C=O) groups excluding carboxylic acids is 1. The highest BCUT2D eigenvalue weighted by Gasteiger charge is 2.16. The van der Waals surface area contributed by atoms with Gasteiger partial charge in [-0.25, -0.2) is 4.39 Å². The van der Waals surface area contributed by atoms with Crippen LogP contribution < -0.4 is 16.4 Å². The fourth-order valence-electron chi connectivity index (χ4n) is 1.95. The summed E-state index contributed by atoms with van der Waals surface area (Å²) in [5.74, 6) is -0.940. The third kappa shape index (κ3) is 2.49. The van der Waals surface area contributed by atoms with Gasteiger partial charge < -0.3 is 16.4 Å². The Morgan fingerprint density at radius 1 is 1.21 bits per heavy atom. The van der Waals surface area contributed by atoms with Crippen LogP contribution in [0.1, 0.15) is 10.4 Å². The van der Waals surface area contributed by atoms with Crippen molar-refractivity contribution in [2.75, 3.05) is 17.7 Å². The molecule has 19 heavy (non-hydrogen) atoms. The summed E-state index contributed by atoms with van der Waals surface area (Å²) in [5, 5.41) is 0. The van der Waals surface area contributed by atoms with Gasteiger partial charge in [0.2, 0.25) is 0 Å². The summed E-state index contributed by atoms with van der Waals surface area (Å²) in [5.41, 5.74) is 13.0. The molecule has 0 spiro atoms. The van der Waals surface area contributed by atoms with Gasteiger partial charge in [0.1, 0.15) is 5.82 Å². The number of nitrogens with zero attached hydrogens (tertiary/aromatic N) is 1. The van der Waals surface area contributed by atoms with Crippen molar-refractivity contribution in [3.63, 3.8) is 0 Å². The molecule has 2 aromatic rings. The molecule has 0 saturated heterocycles. The van der Waals surface area contributed by atoms with E-state index < -0.39 is 5.91 Å². The second-order valence-electron chi connectivity index (χ2n) is 4.15. The van der Waals surface area contributed by atoms with Crippen molar-refractivity contribution in [1.29, 1.82) is 0 Å². The Hall–Kier alpha value is -2.56. The Morgan fingerprint density at radius 2 is 1.89 bits per heavy atom. The molecule has 0 atom stereocenters. The van der Waals surface area contributed by atoms with Gasteiger partial charge >= 0.3 is 0 Å². The molecular formula is C14H14FN3O. The number of amides is 1. The van der Waals surface area contributed by atoms with Gasteiger partial charge in [-0.05, 0) is 30.3 Å². The second-order valence-corrected chi connectivity index (χ2v) is 4.15. The van der Waals surface area contributed by atoms with Crippen molar-refractivity contribution in [1.82, 2.24) is 0 Å². The molecular weight excluding hydrogens is 245 g/mol. The molecule has 0 fully saturated rings. The lowest BCUT2D eigenvalue weighted by Crippen LogP contribution is -2.20. The molecule has 2 rings (SSSR count). The Labute approximate surface area is 110 Å². The van der Waals surface area contributed by atoms with Gasteiger partial charge in [-0.3, -0.25) is 4.79 Å². The van der Waals surface area contributed by atoms with Crippen LogP contribution in [-0.2, 0) is 0 Å². The van der Waals surface area contributed by atoms with E-state index in [9.17, 15) is 9.18 Å². The third-order valence-electron chi connectivity index (χ3n) is 2.86. The number of benzene rings is 2. The minimum Gasteiger partial charge on any atom is -0.397 e. The lowest BCUT2D eigenvalue weighted by molar-refractivity contribution is 0.100. The lowest BCUT2D eigenvalue weighted by Gasteiger charge is -2.23. The maximum Gasteiger partial charge on any atom is 0.250 e. The number of anilines is 3. The number of carbonyl (C=O) groups is 1. The molecule has 0 aliphatic carbocycles. The zero-order chi connectivity index (χ0) is 14.0. The maximum absolute atomic E-state index is 13.3. The third-order valence-corrected chi connectivity index (χ3v) is 2.86. The van der Waals surface area contributed by atoms with Crippen molar-refractivity contribution < 1.29 is 9.18 Å². The first-order chi connectivity index (χ1) is 9.00. The fourth-order valence-corrected chi connectivity index (χ4v) is 1.95. The lowest BCUT2D eigenvalue weighted by atomic mass is 10.1. The number of hydrogen-bond donors (Lipinski definition) is 2. The predicted molar refractivity (Wildman–Crippen MR) is 73.8 cm³/mol. The van der Waals surface area contributed by atoms with E-state index >= 15 is 0 Å². The molecule has 2 aromatic carbocycles. The van der Waals surface area contributed by atoms with Crippen molar-refractivity contribution in [2.45, 2.75) is 0 Å². The van der Waals surface area contributed by atoms with Crippen LogP contribution in [0, 0.1) is 5.82 Å². The molecule has 0 aromatic heterocycles. The average Bonchev–Trinajstić information content (AvgIpc) is 2.37. The molecule has 0 aliphatic heterocycles. The maximum atomic E-state index is 13.3. The molecule has 0 bridgehead atoms. The van der Waals surface area contributed by atoms with Crippen molar-refractivity contribution in [2.24, 2.45) is 5.73 Å². The van der Waals surface area contributed by atoms with Crippen LogP contribution in [-0.4, -0.2) is 13.0 Å². The van der Waals surface area contributed by atoms with Gasteiger partial charge in [-0.2, -0.15) is 0 Å². The van der Waals surface area contributed by atoms with Crippen molar-refractivity contribution in [3.8, 4) is 0 Å². The zero-order valence-corrected chi connectivity index (χ0v) is 10.4. The number of halogens is 1. The summed E-state index contributed by atoms with van der Waals surface area (Å²) in [6.45, 7) is 0. The molecule has 1 amide bonds. The van der Waals surface area contributed by atoms with E-state index in [0.29, 0.717) is 22.6 Å². The summed E-state index contributed by atoms with van der Waals surface area (Å²) in [7, 11) is 1.70. The Kier molecular flexibility index (Phi) is 3.37. The number of nitrogen functional groups attached to an aromatic ring is 1. The summed E-state index contributed by atoms with van der Waals surface area (Å²) in [4.78, 5) is 13.1. The van der Waals surface area contributed by atoms with Gasteiger partial charge in [0.25, 0.3) is 5.91 Å². The zero-order valence-electron chi connectivity index (χ0n) is 10.4. The first-order valence-electron chi connectivity index (χ1n) is 5.68. The smallest absolute Gasteiger partial charge is 0.250 e. The summed E-state index contributed by atoms with van der Waals surface area (Å²) < 4.78 is 13.3. The molecule has 0 aliphatic rings. The quantitative estimate of drug-likeness (QED) is 0.830. The van der Waals surface area contributed by atoms with E-state index in [2.05, 4.69) is 0 Å². The van der Waals surface area contributed by atoms with Crippen LogP contribution in [0.15, 0.2) is 42.5 Å². The van der Waals surface area contributed by atoms with Crippen molar-refractivity contribution >= 4 is 23.0 Å². The highest BCUT2D eigenvalue weighted by atomic mass is 19.1. The molecule has 0 heterocycles. The first kappa shape index (κ1) is 12.9. The fraction of sp³-hybridized carbons (Fsp3) is 0.0714. The van der Waals surface area contributed by atoms with Gasteiger partial charge in [-0.15, -0.1) is 0 Å². The minimum atomic E-state index is -0.578. The summed E-state index contributed by atoms with van der Waals surface area (Å²) >= 11 is 0. The Bertz CT molecular complexity index is 628. The largest absolute Gasteiger partial charge is 0.397 e. The topological polar surface area (TPSA) is 72.3 Å². The van der Waals surface area contributed by atoms with Crippen molar-refractivity contribution in [3.05, 3.63) is 53.8 Å². The predicted octanol–water partition coefficient (Wildman–Crippen LogP) is 2.27. The Balaban J connectivity index is 2.55. The molecule has 0 radical (unpaired) electrons. The van der Waals surface area contributed by atoms with E-state index in [-0.39, 0.29) is 5.82 Å². The minimum absolute atomic E-state index is 0.298. The van der Waals surface area contributed by atoms with Crippen LogP contribution in [0.5, 0.6) is 0 Å².